The molecule has 0 amide bonds. The molecule has 2 aromatic rings. The average Bonchev–Trinajstić information content (AvgIpc) is 2.85. The first-order valence-corrected chi connectivity index (χ1v) is 6.39. The fourth-order valence-electron chi connectivity index (χ4n) is 1.41. The van der Waals surface area contributed by atoms with Crippen LogP contribution in [0.15, 0.2) is 30.6 Å². The number of thiazole rings is 1. The summed E-state index contributed by atoms with van der Waals surface area (Å²) in [6.45, 7) is 1.85. The van der Waals surface area contributed by atoms with Crippen LogP contribution in [0.1, 0.15) is 11.3 Å². The highest BCUT2D eigenvalue weighted by Crippen LogP contribution is 2.22. The number of rotatable bonds is 6. The van der Waals surface area contributed by atoms with Crippen molar-refractivity contribution in [2.45, 2.75) is 13.0 Å². The second-order valence-electron chi connectivity index (χ2n) is 3.60. The fourth-order valence-corrected chi connectivity index (χ4v) is 2.27. The number of aliphatic hydroxyl groups is 1. The van der Waals surface area contributed by atoms with Crippen molar-refractivity contribution in [2.75, 3.05) is 13.2 Å². The SMILES string of the molecule is OCCCNCc1cnc(-c2ccccn2)s1. The molecule has 90 valence electrons. The van der Waals surface area contributed by atoms with Crippen molar-refractivity contribution < 1.29 is 5.11 Å². The first-order valence-electron chi connectivity index (χ1n) is 5.58. The Labute approximate surface area is 104 Å². The van der Waals surface area contributed by atoms with Gasteiger partial charge in [0.1, 0.15) is 5.01 Å². The van der Waals surface area contributed by atoms with E-state index >= 15 is 0 Å². The average molecular weight is 249 g/mol. The minimum Gasteiger partial charge on any atom is -0.396 e. The lowest BCUT2D eigenvalue weighted by Crippen LogP contribution is -2.14. The first kappa shape index (κ1) is 12.2. The molecule has 2 aromatic heterocycles. The van der Waals surface area contributed by atoms with Gasteiger partial charge in [0.25, 0.3) is 0 Å². The van der Waals surface area contributed by atoms with Crippen molar-refractivity contribution in [3.8, 4) is 10.7 Å². The lowest BCUT2D eigenvalue weighted by atomic mass is 10.4. The number of nitrogens with zero attached hydrogens (tertiary/aromatic N) is 2. The molecule has 0 spiro atoms. The van der Waals surface area contributed by atoms with E-state index in [4.69, 9.17) is 5.11 Å². The normalized spacial score (nSPS) is 10.6. The van der Waals surface area contributed by atoms with E-state index in [9.17, 15) is 0 Å². The van der Waals surface area contributed by atoms with Gasteiger partial charge in [0.15, 0.2) is 0 Å². The molecule has 0 aliphatic heterocycles. The molecule has 2 heterocycles. The number of hydrogen-bond donors (Lipinski definition) is 2. The third-order valence-corrected chi connectivity index (χ3v) is 3.27. The summed E-state index contributed by atoms with van der Waals surface area (Å²) < 4.78 is 0. The van der Waals surface area contributed by atoms with Gasteiger partial charge in [0, 0.05) is 30.4 Å². The number of aliphatic hydroxyl groups excluding tert-OH is 1. The third-order valence-electron chi connectivity index (χ3n) is 2.25. The van der Waals surface area contributed by atoms with Crippen molar-refractivity contribution >= 4 is 11.3 Å². The second-order valence-corrected chi connectivity index (χ2v) is 4.72. The van der Waals surface area contributed by atoms with E-state index in [0.29, 0.717) is 0 Å². The summed E-state index contributed by atoms with van der Waals surface area (Å²) in [5.74, 6) is 0. The zero-order valence-electron chi connectivity index (χ0n) is 9.47. The van der Waals surface area contributed by atoms with E-state index in [2.05, 4.69) is 15.3 Å². The van der Waals surface area contributed by atoms with Gasteiger partial charge in [-0.3, -0.25) is 4.98 Å². The second kappa shape index (κ2) is 6.44. The van der Waals surface area contributed by atoms with Gasteiger partial charge in [-0.25, -0.2) is 4.98 Å². The van der Waals surface area contributed by atoms with Gasteiger partial charge >= 0.3 is 0 Å². The van der Waals surface area contributed by atoms with Gasteiger partial charge < -0.3 is 10.4 Å². The maximum atomic E-state index is 8.66. The molecule has 0 aromatic carbocycles. The van der Waals surface area contributed by atoms with Crippen molar-refractivity contribution in [1.82, 2.24) is 15.3 Å². The lowest BCUT2D eigenvalue weighted by Gasteiger charge is -1.99. The number of hydrogen-bond acceptors (Lipinski definition) is 5. The van der Waals surface area contributed by atoms with Crippen LogP contribution in [0, 0.1) is 0 Å². The summed E-state index contributed by atoms with van der Waals surface area (Å²) in [5, 5.41) is 12.9. The largest absolute Gasteiger partial charge is 0.396 e. The molecule has 0 aliphatic carbocycles. The van der Waals surface area contributed by atoms with Crippen LogP contribution in [0.25, 0.3) is 10.7 Å². The maximum absolute atomic E-state index is 8.66. The maximum Gasteiger partial charge on any atom is 0.142 e. The summed E-state index contributed by atoms with van der Waals surface area (Å²) >= 11 is 1.65. The topological polar surface area (TPSA) is 58.0 Å². The van der Waals surface area contributed by atoms with Crippen LogP contribution in [0.4, 0.5) is 0 Å². The molecule has 2 rings (SSSR count). The monoisotopic (exact) mass is 249 g/mol. The Balaban J connectivity index is 1.92. The molecule has 0 atom stereocenters. The van der Waals surface area contributed by atoms with E-state index in [1.54, 1.807) is 17.5 Å². The van der Waals surface area contributed by atoms with Crippen LogP contribution in [-0.4, -0.2) is 28.2 Å². The first-order chi connectivity index (χ1) is 8.40. The Hall–Kier alpha value is -1.30. The van der Waals surface area contributed by atoms with E-state index in [1.807, 2.05) is 24.4 Å². The zero-order chi connectivity index (χ0) is 11.9. The molecule has 0 aliphatic rings. The van der Waals surface area contributed by atoms with Crippen molar-refractivity contribution in [3.63, 3.8) is 0 Å². The fraction of sp³-hybridized carbons (Fsp3) is 0.333. The van der Waals surface area contributed by atoms with E-state index in [1.165, 1.54) is 4.88 Å². The van der Waals surface area contributed by atoms with Crippen LogP contribution in [0.2, 0.25) is 0 Å². The number of pyridine rings is 1. The Morgan fingerprint density at radius 3 is 3.00 bits per heavy atom. The smallest absolute Gasteiger partial charge is 0.142 e. The Bertz CT molecular complexity index is 444. The van der Waals surface area contributed by atoms with E-state index in [-0.39, 0.29) is 6.61 Å². The van der Waals surface area contributed by atoms with Crippen molar-refractivity contribution in [1.29, 1.82) is 0 Å². The third kappa shape index (κ3) is 3.59. The Kier molecular flexibility index (Phi) is 4.61. The minimum atomic E-state index is 0.231. The van der Waals surface area contributed by atoms with E-state index < -0.39 is 0 Å². The van der Waals surface area contributed by atoms with Gasteiger partial charge in [-0.05, 0) is 25.1 Å². The Morgan fingerprint density at radius 2 is 2.24 bits per heavy atom. The predicted octanol–water partition coefficient (Wildman–Crippen LogP) is 1.68. The standard InChI is InChI=1S/C12H15N3OS/c16-7-3-5-13-8-10-9-15-12(17-10)11-4-1-2-6-14-11/h1-2,4,6,9,13,16H,3,5,7-8H2. The molecule has 0 radical (unpaired) electrons. The zero-order valence-corrected chi connectivity index (χ0v) is 10.3. The van der Waals surface area contributed by atoms with Gasteiger partial charge in [-0.2, -0.15) is 0 Å². The lowest BCUT2D eigenvalue weighted by molar-refractivity contribution is 0.286. The van der Waals surface area contributed by atoms with Gasteiger partial charge in [-0.1, -0.05) is 6.07 Å². The molecule has 17 heavy (non-hydrogen) atoms. The van der Waals surface area contributed by atoms with Crippen LogP contribution in [0.5, 0.6) is 0 Å². The number of aromatic nitrogens is 2. The predicted molar refractivity (Wildman–Crippen MR) is 68.8 cm³/mol. The van der Waals surface area contributed by atoms with Crippen LogP contribution >= 0.6 is 11.3 Å². The van der Waals surface area contributed by atoms with Gasteiger partial charge in [0.2, 0.25) is 0 Å². The molecule has 0 fully saturated rings. The molecule has 0 unspecified atom stereocenters. The van der Waals surface area contributed by atoms with Gasteiger partial charge in [0.05, 0.1) is 5.69 Å². The molecule has 4 nitrogen and oxygen atoms in total. The highest BCUT2D eigenvalue weighted by Gasteiger charge is 2.04. The molecule has 0 saturated heterocycles. The highest BCUT2D eigenvalue weighted by atomic mass is 32.1. The van der Waals surface area contributed by atoms with Crippen LogP contribution in [-0.2, 0) is 6.54 Å². The van der Waals surface area contributed by atoms with Crippen molar-refractivity contribution in [3.05, 3.63) is 35.5 Å². The molecule has 2 N–H and O–H groups in total. The molecular weight excluding hydrogens is 234 g/mol. The van der Waals surface area contributed by atoms with E-state index in [0.717, 1.165) is 30.2 Å². The van der Waals surface area contributed by atoms with Crippen LogP contribution in [0.3, 0.4) is 0 Å². The quantitative estimate of drug-likeness (QED) is 0.765. The molecule has 0 saturated carbocycles. The van der Waals surface area contributed by atoms with Crippen molar-refractivity contribution in [2.24, 2.45) is 0 Å². The molecule has 0 bridgehead atoms. The summed E-state index contributed by atoms with van der Waals surface area (Å²) in [6.07, 6.45) is 4.43. The summed E-state index contributed by atoms with van der Waals surface area (Å²) in [4.78, 5) is 9.80. The summed E-state index contributed by atoms with van der Waals surface area (Å²) in [7, 11) is 0. The minimum absolute atomic E-state index is 0.231. The molecular formula is C12H15N3OS. The number of nitrogens with one attached hydrogen (secondary N) is 1. The highest BCUT2D eigenvalue weighted by molar-refractivity contribution is 7.14. The summed E-state index contributed by atoms with van der Waals surface area (Å²) in [6, 6.07) is 5.82. The van der Waals surface area contributed by atoms with Crippen LogP contribution < -0.4 is 5.32 Å². The molecule has 5 heteroatoms. The Morgan fingerprint density at radius 1 is 1.29 bits per heavy atom. The van der Waals surface area contributed by atoms with Gasteiger partial charge in [-0.15, -0.1) is 11.3 Å². The summed E-state index contributed by atoms with van der Waals surface area (Å²) in [5.41, 5.74) is 0.916.